The van der Waals surface area contributed by atoms with Crippen molar-refractivity contribution in [3.8, 4) is 0 Å². The van der Waals surface area contributed by atoms with Crippen molar-refractivity contribution in [1.82, 2.24) is 24.9 Å². The monoisotopic (exact) mass is 507 g/mol. The molecule has 6 rings (SSSR count). The van der Waals surface area contributed by atoms with Crippen molar-refractivity contribution in [1.29, 1.82) is 0 Å². The number of aromatic nitrogens is 5. The van der Waals surface area contributed by atoms with E-state index in [0.29, 0.717) is 11.9 Å². The van der Waals surface area contributed by atoms with Crippen LogP contribution in [0.1, 0.15) is 30.4 Å². The van der Waals surface area contributed by atoms with Crippen LogP contribution in [0.5, 0.6) is 0 Å². The zero-order valence-electron chi connectivity index (χ0n) is 21.6. The standard InChI is InChI=1S/C29H33N9/c1-3-7-23(8-4-1)19-24-20-30-28(31-21-24)37-15-17-38(18-16-37)29-33-22-32-27(35-29)34-25-9-11-26(12-10-25)36-13-5-2-6-14-36/h1,3-4,7-12,20-22H,2,5-6,13-19H2,(H,32,33,34,35). The molecule has 2 aliphatic rings. The van der Waals surface area contributed by atoms with E-state index in [2.05, 4.69) is 93.5 Å². The summed E-state index contributed by atoms with van der Waals surface area (Å²) < 4.78 is 0. The molecule has 38 heavy (non-hydrogen) atoms. The summed E-state index contributed by atoms with van der Waals surface area (Å²) in [5.41, 5.74) is 4.63. The van der Waals surface area contributed by atoms with E-state index in [0.717, 1.165) is 62.9 Å². The summed E-state index contributed by atoms with van der Waals surface area (Å²) in [4.78, 5) is 29.6. The van der Waals surface area contributed by atoms with Crippen LogP contribution in [0.4, 0.5) is 29.2 Å². The second kappa shape index (κ2) is 11.4. The van der Waals surface area contributed by atoms with E-state index in [4.69, 9.17) is 0 Å². The SMILES string of the molecule is c1ccc(Cc2cnc(N3CCN(c4ncnc(Nc5ccc(N6CCCCC6)cc5)n4)CC3)nc2)cc1. The number of anilines is 5. The summed E-state index contributed by atoms with van der Waals surface area (Å²) in [6.07, 6.45) is 10.2. The van der Waals surface area contributed by atoms with Gasteiger partial charge in [-0.05, 0) is 54.7 Å². The Morgan fingerprint density at radius 3 is 2.00 bits per heavy atom. The molecule has 1 N–H and O–H groups in total. The predicted octanol–water partition coefficient (Wildman–Crippen LogP) is 4.31. The molecule has 0 atom stereocenters. The van der Waals surface area contributed by atoms with E-state index >= 15 is 0 Å². The van der Waals surface area contributed by atoms with Crippen molar-refractivity contribution in [2.45, 2.75) is 25.7 Å². The van der Waals surface area contributed by atoms with Crippen LogP contribution in [0.2, 0.25) is 0 Å². The minimum absolute atomic E-state index is 0.556. The van der Waals surface area contributed by atoms with Crippen LogP contribution in [0.15, 0.2) is 73.3 Å². The average molecular weight is 508 g/mol. The molecule has 2 aromatic heterocycles. The summed E-state index contributed by atoms with van der Waals surface area (Å²) in [6, 6.07) is 18.9. The summed E-state index contributed by atoms with van der Waals surface area (Å²) in [5.74, 6) is 2.01. The van der Waals surface area contributed by atoms with Crippen molar-refractivity contribution in [2.75, 3.05) is 59.3 Å². The van der Waals surface area contributed by atoms with Crippen LogP contribution in [0.3, 0.4) is 0 Å². The van der Waals surface area contributed by atoms with Gasteiger partial charge in [0.05, 0.1) is 0 Å². The minimum Gasteiger partial charge on any atom is -0.372 e. The third kappa shape index (κ3) is 5.82. The highest BCUT2D eigenvalue weighted by Gasteiger charge is 2.21. The molecule has 0 bridgehead atoms. The van der Waals surface area contributed by atoms with Gasteiger partial charge in [0, 0.05) is 69.5 Å². The van der Waals surface area contributed by atoms with Crippen LogP contribution in [-0.4, -0.2) is 64.2 Å². The Morgan fingerprint density at radius 2 is 1.29 bits per heavy atom. The van der Waals surface area contributed by atoms with Gasteiger partial charge in [0.1, 0.15) is 6.33 Å². The van der Waals surface area contributed by atoms with Gasteiger partial charge in [-0.25, -0.2) is 19.9 Å². The predicted molar refractivity (Wildman–Crippen MR) is 151 cm³/mol. The molecule has 0 saturated carbocycles. The van der Waals surface area contributed by atoms with Crippen molar-refractivity contribution in [3.05, 3.63) is 84.4 Å². The lowest BCUT2D eigenvalue weighted by Gasteiger charge is -2.34. The second-order valence-corrected chi connectivity index (χ2v) is 9.86. The van der Waals surface area contributed by atoms with Gasteiger partial charge in [0.25, 0.3) is 0 Å². The van der Waals surface area contributed by atoms with E-state index < -0.39 is 0 Å². The van der Waals surface area contributed by atoms with E-state index in [-0.39, 0.29) is 0 Å². The van der Waals surface area contributed by atoms with Gasteiger partial charge in [-0.2, -0.15) is 4.98 Å². The zero-order valence-corrected chi connectivity index (χ0v) is 21.6. The fourth-order valence-electron chi connectivity index (χ4n) is 5.08. The zero-order chi connectivity index (χ0) is 25.6. The van der Waals surface area contributed by atoms with Crippen LogP contribution >= 0.6 is 0 Å². The van der Waals surface area contributed by atoms with E-state index in [1.165, 1.54) is 30.5 Å². The van der Waals surface area contributed by atoms with Gasteiger partial charge < -0.3 is 20.0 Å². The number of hydrogen-bond acceptors (Lipinski definition) is 9. The number of hydrogen-bond donors (Lipinski definition) is 1. The van der Waals surface area contributed by atoms with Crippen LogP contribution in [0.25, 0.3) is 0 Å². The summed E-state index contributed by atoms with van der Waals surface area (Å²) in [6.45, 7) is 5.49. The molecule has 4 aromatic rings. The first-order chi connectivity index (χ1) is 18.8. The number of nitrogens with zero attached hydrogens (tertiary/aromatic N) is 8. The highest BCUT2D eigenvalue weighted by Crippen LogP contribution is 2.23. The molecule has 9 nitrogen and oxygen atoms in total. The van der Waals surface area contributed by atoms with Crippen molar-refractivity contribution >= 4 is 29.2 Å². The molecule has 2 aliphatic heterocycles. The molecule has 0 spiro atoms. The summed E-state index contributed by atoms with van der Waals surface area (Å²) in [7, 11) is 0. The highest BCUT2D eigenvalue weighted by atomic mass is 15.4. The maximum absolute atomic E-state index is 4.69. The molecule has 0 unspecified atom stereocenters. The van der Waals surface area contributed by atoms with Gasteiger partial charge in [-0.15, -0.1) is 0 Å². The second-order valence-electron chi connectivity index (χ2n) is 9.86. The van der Waals surface area contributed by atoms with Crippen LogP contribution < -0.4 is 20.0 Å². The van der Waals surface area contributed by atoms with Gasteiger partial charge in [-0.3, -0.25) is 0 Å². The molecule has 9 heteroatoms. The first-order valence-electron chi connectivity index (χ1n) is 13.5. The highest BCUT2D eigenvalue weighted by molar-refractivity contribution is 5.60. The number of nitrogens with one attached hydrogen (secondary N) is 1. The minimum atomic E-state index is 0.556. The van der Waals surface area contributed by atoms with E-state index in [9.17, 15) is 0 Å². The van der Waals surface area contributed by atoms with Crippen molar-refractivity contribution in [2.24, 2.45) is 0 Å². The number of benzene rings is 2. The summed E-state index contributed by atoms with van der Waals surface area (Å²) >= 11 is 0. The fourth-order valence-corrected chi connectivity index (χ4v) is 5.08. The topological polar surface area (TPSA) is 86.2 Å². The molecule has 0 radical (unpaired) electrons. The molecule has 0 amide bonds. The number of piperazine rings is 1. The third-order valence-electron chi connectivity index (χ3n) is 7.19. The molecule has 2 fully saturated rings. The quantitative estimate of drug-likeness (QED) is 0.393. The first kappa shape index (κ1) is 24.1. The van der Waals surface area contributed by atoms with Crippen LogP contribution in [0, 0.1) is 0 Å². The normalized spacial score (nSPS) is 15.9. The van der Waals surface area contributed by atoms with Crippen molar-refractivity contribution in [3.63, 3.8) is 0 Å². The number of piperidine rings is 1. The number of rotatable bonds is 7. The van der Waals surface area contributed by atoms with Crippen molar-refractivity contribution < 1.29 is 0 Å². The molecule has 2 saturated heterocycles. The van der Waals surface area contributed by atoms with Crippen LogP contribution in [-0.2, 0) is 6.42 Å². The molecule has 2 aromatic carbocycles. The Bertz CT molecular complexity index is 1300. The smallest absolute Gasteiger partial charge is 0.231 e. The van der Waals surface area contributed by atoms with Gasteiger partial charge in [0.2, 0.25) is 17.8 Å². The lowest BCUT2D eigenvalue weighted by Crippen LogP contribution is -2.47. The third-order valence-corrected chi connectivity index (χ3v) is 7.19. The Hall–Kier alpha value is -4.27. The fraction of sp³-hybridized carbons (Fsp3) is 0.345. The molecule has 4 heterocycles. The average Bonchev–Trinajstić information content (AvgIpc) is 2.99. The Balaban J connectivity index is 1.03. The maximum Gasteiger partial charge on any atom is 0.231 e. The Labute approximate surface area is 223 Å². The molecule has 194 valence electrons. The molecule has 0 aliphatic carbocycles. The summed E-state index contributed by atoms with van der Waals surface area (Å²) in [5, 5.41) is 3.33. The lowest BCUT2D eigenvalue weighted by atomic mass is 10.1. The maximum atomic E-state index is 4.69. The molecular formula is C29H33N9. The van der Waals surface area contributed by atoms with Gasteiger partial charge in [0.15, 0.2) is 0 Å². The largest absolute Gasteiger partial charge is 0.372 e. The Morgan fingerprint density at radius 1 is 0.605 bits per heavy atom. The van der Waals surface area contributed by atoms with E-state index in [1.807, 2.05) is 18.5 Å². The first-order valence-corrected chi connectivity index (χ1v) is 13.5. The van der Waals surface area contributed by atoms with E-state index in [1.54, 1.807) is 6.33 Å². The van der Waals surface area contributed by atoms with Gasteiger partial charge >= 0.3 is 0 Å². The Kier molecular flexibility index (Phi) is 7.24. The van der Waals surface area contributed by atoms with Gasteiger partial charge in [-0.1, -0.05) is 30.3 Å². The lowest BCUT2D eigenvalue weighted by molar-refractivity contribution is 0.578. The molecular weight excluding hydrogens is 474 g/mol.